The van der Waals surface area contributed by atoms with Crippen LogP contribution in [0, 0.1) is 0 Å². The van der Waals surface area contributed by atoms with Crippen molar-refractivity contribution in [3.8, 4) is 0 Å². The zero-order valence-electron chi connectivity index (χ0n) is 17.4. The predicted octanol–water partition coefficient (Wildman–Crippen LogP) is 2.69. The summed E-state index contributed by atoms with van der Waals surface area (Å²) < 4.78 is 7.57. The average Bonchev–Trinajstić information content (AvgIpc) is 2.95. The number of ketones is 1. The molecule has 0 unspecified atom stereocenters. The van der Waals surface area contributed by atoms with Gasteiger partial charge >= 0.3 is 0 Å². The molecular weight excluding hydrogens is 392 g/mol. The summed E-state index contributed by atoms with van der Waals surface area (Å²) in [6.07, 6.45) is 0.720. The van der Waals surface area contributed by atoms with Gasteiger partial charge in [-0.05, 0) is 30.3 Å². The van der Waals surface area contributed by atoms with Crippen molar-refractivity contribution in [2.75, 3.05) is 49.6 Å². The lowest BCUT2D eigenvalue weighted by molar-refractivity contribution is -0.112. The van der Waals surface area contributed by atoms with E-state index in [0.29, 0.717) is 11.3 Å². The normalized spacial score (nSPS) is 16.6. The van der Waals surface area contributed by atoms with Crippen LogP contribution in [0.1, 0.15) is 17.5 Å². The van der Waals surface area contributed by atoms with Gasteiger partial charge in [0, 0.05) is 68.5 Å². The summed E-state index contributed by atoms with van der Waals surface area (Å²) in [4.78, 5) is 28.4. The molecule has 3 aromatic rings. The number of morpholine rings is 1. The van der Waals surface area contributed by atoms with Gasteiger partial charge in [0.2, 0.25) is 0 Å². The van der Waals surface area contributed by atoms with Crippen molar-refractivity contribution in [1.82, 2.24) is 9.88 Å². The van der Waals surface area contributed by atoms with E-state index in [-0.39, 0.29) is 1.43 Å². The maximum atomic E-state index is 13.3. The van der Waals surface area contributed by atoms with Crippen LogP contribution in [0.3, 0.4) is 0 Å². The average molecular weight is 421 g/mol. The van der Waals surface area contributed by atoms with E-state index < -0.39 is 11.7 Å². The van der Waals surface area contributed by atoms with Crippen molar-refractivity contribution < 1.29 is 15.8 Å². The predicted molar refractivity (Wildman–Crippen MR) is 123 cm³/mol. The molecule has 2 aliphatic rings. The van der Waals surface area contributed by atoms with Crippen molar-refractivity contribution in [3.05, 3.63) is 59.8 Å². The molecule has 1 amide bonds. The summed E-state index contributed by atoms with van der Waals surface area (Å²) in [6, 6.07) is 15.5. The van der Waals surface area contributed by atoms with E-state index in [1.165, 1.54) is 0 Å². The van der Waals surface area contributed by atoms with Gasteiger partial charge in [-0.15, -0.1) is 0 Å². The Kier molecular flexibility index (Phi) is 5.44. The fourth-order valence-corrected chi connectivity index (χ4v) is 4.53. The first kappa shape index (κ1) is 19.8. The van der Waals surface area contributed by atoms with Gasteiger partial charge < -0.3 is 24.8 Å². The second kappa shape index (κ2) is 8.53. The number of anilines is 2. The molecule has 0 saturated carbocycles. The van der Waals surface area contributed by atoms with Crippen LogP contribution in [-0.2, 0) is 22.5 Å². The van der Waals surface area contributed by atoms with Crippen LogP contribution in [0.4, 0.5) is 11.4 Å². The number of carbonyl (C=O) groups is 2. The molecule has 5 rings (SSSR count). The molecule has 2 N–H and O–H groups in total. The molecule has 7 nitrogen and oxygen atoms in total. The van der Waals surface area contributed by atoms with Gasteiger partial charge in [0.25, 0.3) is 11.7 Å². The number of ether oxygens (including phenoxy) is 1. The minimum Gasteiger partial charge on any atom is -0.378 e. The highest BCUT2D eigenvalue weighted by atomic mass is 16.5. The van der Waals surface area contributed by atoms with Gasteiger partial charge in [-0.3, -0.25) is 9.59 Å². The fourth-order valence-electron chi connectivity index (χ4n) is 4.53. The Balaban J connectivity index is 0.00000245. The molecule has 2 aromatic carbocycles. The molecule has 0 aliphatic carbocycles. The number of carbonyl (C=O) groups excluding carboxylic acids is 2. The molecular formula is C24H28N4O3. The number of hydrogen-bond acceptors (Lipinski definition) is 5. The number of benzene rings is 2. The van der Waals surface area contributed by atoms with E-state index in [1.807, 2.05) is 48.5 Å². The second-order valence-corrected chi connectivity index (χ2v) is 7.92. The summed E-state index contributed by atoms with van der Waals surface area (Å²) in [5, 5.41) is 7.01. The number of hydrogen-bond donors (Lipinski definition) is 2. The number of rotatable bonds is 4. The summed E-state index contributed by atoms with van der Waals surface area (Å²) in [6.45, 7) is 5.57. The summed E-state index contributed by atoms with van der Waals surface area (Å²) in [7, 11) is 0. The van der Waals surface area contributed by atoms with Crippen LogP contribution in [0.2, 0.25) is 0 Å². The smallest absolute Gasteiger partial charge is 0.296 e. The minimum absolute atomic E-state index is 0. The standard InChI is InChI=1S/C24H26N4O3.H2/c29-23(22-19-3-1-2-4-20(19)28-12-11-25-10-9-21(22)28)24(30)26-17-5-7-18(8-6-17)27-13-15-31-16-14-27;/h1-8,25H,9-16H2,(H,26,30);1H. The molecule has 3 heterocycles. The molecule has 0 bridgehead atoms. The quantitative estimate of drug-likeness (QED) is 0.501. The molecule has 1 saturated heterocycles. The van der Waals surface area contributed by atoms with Gasteiger partial charge in [-0.1, -0.05) is 18.2 Å². The Labute approximate surface area is 182 Å². The minimum atomic E-state index is -0.601. The highest BCUT2D eigenvalue weighted by Gasteiger charge is 2.27. The van der Waals surface area contributed by atoms with E-state index in [1.54, 1.807) is 0 Å². The number of amides is 1. The third-order valence-corrected chi connectivity index (χ3v) is 6.06. The molecule has 0 spiro atoms. The largest absolute Gasteiger partial charge is 0.378 e. The molecule has 7 heteroatoms. The number of Topliss-reactive ketones (excluding diaryl/α,β-unsaturated/α-hetero) is 1. The number of fused-ring (bicyclic) bond motifs is 3. The van der Waals surface area contributed by atoms with Crippen LogP contribution in [-0.4, -0.2) is 55.7 Å². The highest BCUT2D eigenvalue weighted by Crippen LogP contribution is 2.28. The first-order valence-corrected chi connectivity index (χ1v) is 10.8. The Morgan fingerprint density at radius 3 is 2.55 bits per heavy atom. The van der Waals surface area contributed by atoms with Gasteiger partial charge in [0.05, 0.1) is 18.8 Å². The topological polar surface area (TPSA) is 75.6 Å². The van der Waals surface area contributed by atoms with Crippen molar-refractivity contribution in [2.45, 2.75) is 13.0 Å². The molecule has 1 aromatic heterocycles. The Bertz CT molecular complexity index is 1120. The molecule has 31 heavy (non-hydrogen) atoms. The maximum Gasteiger partial charge on any atom is 0.296 e. The lowest BCUT2D eigenvalue weighted by Crippen LogP contribution is -2.36. The Morgan fingerprint density at radius 2 is 1.74 bits per heavy atom. The summed E-state index contributed by atoms with van der Waals surface area (Å²) >= 11 is 0. The summed E-state index contributed by atoms with van der Waals surface area (Å²) in [5.41, 5.74) is 4.18. The monoisotopic (exact) mass is 420 g/mol. The van der Waals surface area contributed by atoms with Crippen molar-refractivity contribution in [1.29, 1.82) is 0 Å². The Hall–Kier alpha value is -3.16. The first-order valence-electron chi connectivity index (χ1n) is 10.8. The number of nitrogens with zero attached hydrogens (tertiary/aromatic N) is 2. The molecule has 1 fully saturated rings. The highest BCUT2D eigenvalue weighted by molar-refractivity contribution is 6.48. The van der Waals surface area contributed by atoms with E-state index in [4.69, 9.17) is 4.74 Å². The van der Waals surface area contributed by atoms with Crippen LogP contribution in [0.15, 0.2) is 48.5 Å². The first-order chi connectivity index (χ1) is 15.2. The third kappa shape index (κ3) is 3.82. The van der Waals surface area contributed by atoms with E-state index >= 15 is 0 Å². The molecule has 2 aliphatic heterocycles. The number of para-hydroxylation sites is 1. The maximum absolute atomic E-state index is 13.3. The van der Waals surface area contributed by atoms with Gasteiger partial charge in [-0.25, -0.2) is 0 Å². The zero-order chi connectivity index (χ0) is 21.2. The SMILES string of the molecule is O=C(Nc1ccc(N2CCOCC2)cc1)C(=O)c1c2n(c3ccccc13)CCNCC2.[HH]. The van der Waals surface area contributed by atoms with Crippen LogP contribution in [0.25, 0.3) is 10.9 Å². The van der Waals surface area contributed by atoms with Crippen molar-refractivity contribution in [3.63, 3.8) is 0 Å². The molecule has 0 atom stereocenters. The second-order valence-electron chi connectivity index (χ2n) is 7.92. The number of aromatic nitrogens is 1. The van der Waals surface area contributed by atoms with E-state index in [2.05, 4.69) is 20.1 Å². The Morgan fingerprint density at radius 1 is 0.968 bits per heavy atom. The van der Waals surface area contributed by atoms with Crippen LogP contribution >= 0.6 is 0 Å². The third-order valence-electron chi connectivity index (χ3n) is 6.06. The fraction of sp³-hybridized carbons (Fsp3) is 0.333. The van der Waals surface area contributed by atoms with E-state index in [0.717, 1.165) is 74.6 Å². The van der Waals surface area contributed by atoms with Crippen LogP contribution in [0.5, 0.6) is 0 Å². The lowest BCUT2D eigenvalue weighted by atomic mass is 10.0. The lowest BCUT2D eigenvalue weighted by Gasteiger charge is -2.28. The summed E-state index contributed by atoms with van der Waals surface area (Å²) in [5.74, 6) is -1.08. The van der Waals surface area contributed by atoms with Gasteiger partial charge in [0.1, 0.15) is 0 Å². The van der Waals surface area contributed by atoms with Gasteiger partial charge in [-0.2, -0.15) is 0 Å². The number of nitrogens with one attached hydrogen (secondary N) is 2. The molecule has 0 radical (unpaired) electrons. The molecule has 162 valence electrons. The van der Waals surface area contributed by atoms with Crippen LogP contribution < -0.4 is 15.5 Å². The zero-order valence-corrected chi connectivity index (χ0v) is 17.4. The van der Waals surface area contributed by atoms with Crippen molar-refractivity contribution >= 4 is 34.0 Å². The van der Waals surface area contributed by atoms with Crippen molar-refractivity contribution in [2.24, 2.45) is 0 Å². The van der Waals surface area contributed by atoms with E-state index in [9.17, 15) is 9.59 Å². The van der Waals surface area contributed by atoms with Gasteiger partial charge in [0.15, 0.2) is 0 Å².